The Morgan fingerprint density at radius 1 is 1.33 bits per heavy atom. The standard InChI is InChI=1S/C17H22F2N2O.2ClH/c1-2-3-4-5-17(22)21-16-11-20-9-8-13(16)12-6-7-14(18)15(19)10-12;;/h2,6-7,10,13,16,20H,1,3-5,8-9,11H2,(H,21,22);2*1H. The summed E-state index contributed by atoms with van der Waals surface area (Å²) in [7, 11) is 0. The number of piperidine rings is 1. The minimum atomic E-state index is -0.845. The van der Waals surface area contributed by atoms with Gasteiger partial charge >= 0.3 is 0 Å². The third kappa shape index (κ3) is 6.38. The number of nitrogens with one attached hydrogen (secondary N) is 2. The van der Waals surface area contributed by atoms with Crippen molar-refractivity contribution < 1.29 is 13.6 Å². The SMILES string of the molecule is C=CCCCC(=O)NC1CNCCC1c1ccc(F)c(F)c1.Cl.Cl. The molecule has 7 heteroatoms. The molecule has 0 aromatic heterocycles. The monoisotopic (exact) mass is 380 g/mol. The number of carbonyl (C=O) groups is 1. The number of carbonyl (C=O) groups excluding carboxylic acids is 1. The van der Waals surface area contributed by atoms with E-state index in [1.807, 2.05) is 0 Å². The lowest BCUT2D eigenvalue weighted by atomic mass is 9.86. The first-order valence-electron chi connectivity index (χ1n) is 7.67. The van der Waals surface area contributed by atoms with Gasteiger partial charge in [-0.2, -0.15) is 0 Å². The maximum atomic E-state index is 13.4. The average molecular weight is 381 g/mol. The number of amides is 1. The predicted molar refractivity (Wildman–Crippen MR) is 97.1 cm³/mol. The smallest absolute Gasteiger partial charge is 0.220 e. The Hall–Kier alpha value is -1.17. The lowest BCUT2D eigenvalue weighted by molar-refractivity contribution is -0.122. The van der Waals surface area contributed by atoms with Crippen molar-refractivity contribution in [2.24, 2.45) is 0 Å². The summed E-state index contributed by atoms with van der Waals surface area (Å²) in [4.78, 5) is 12.0. The molecule has 2 atom stereocenters. The van der Waals surface area contributed by atoms with Crippen LogP contribution in [0.2, 0.25) is 0 Å². The van der Waals surface area contributed by atoms with E-state index in [-0.39, 0.29) is 42.7 Å². The summed E-state index contributed by atoms with van der Waals surface area (Å²) in [5.41, 5.74) is 0.733. The van der Waals surface area contributed by atoms with Crippen LogP contribution in [0.4, 0.5) is 8.78 Å². The maximum absolute atomic E-state index is 13.4. The van der Waals surface area contributed by atoms with Crippen molar-refractivity contribution >= 4 is 30.7 Å². The van der Waals surface area contributed by atoms with Gasteiger partial charge in [0.05, 0.1) is 0 Å². The summed E-state index contributed by atoms with van der Waals surface area (Å²) in [6.45, 7) is 5.07. The number of benzene rings is 1. The van der Waals surface area contributed by atoms with E-state index in [4.69, 9.17) is 0 Å². The predicted octanol–water partition coefficient (Wildman–Crippen LogP) is 3.73. The fourth-order valence-corrected chi connectivity index (χ4v) is 2.84. The minimum absolute atomic E-state index is 0. The quantitative estimate of drug-likeness (QED) is 0.583. The third-order valence-corrected chi connectivity index (χ3v) is 4.01. The van der Waals surface area contributed by atoms with Gasteiger partial charge in [-0.3, -0.25) is 4.79 Å². The van der Waals surface area contributed by atoms with Crippen LogP contribution in [0, 0.1) is 11.6 Å². The van der Waals surface area contributed by atoms with Crippen LogP contribution >= 0.6 is 24.8 Å². The van der Waals surface area contributed by atoms with Crippen LogP contribution in [0.5, 0.6) is 0 Å². The third-order valence-electron chi connectivity index (χ3n) is 4.01. The molecule has 3 nitrogen and oxygen atoms in total. The zero-order valence-electron chi connectivity index (χ0n) is 13.4. The Labute approximate surface area is 154 Å². The molecule has 0 bridgehead atoms. The van der Waals surface area contributed by atoms with E-state index in [2.05, 4.69) is 17.2 Å². The highest BCUT2D eigenvalue weighted by atomic mass is 35.5. The summed E-state index contributed by atoms with van der Waals surface area (Å²) in [6.07, 6.45) is 4.60. The number of unbranched alkanes of at least 4 members (excludes halogenated alkanes) is 1. The van der Waals surface area contributed by atoms with Crippen LogP contribution in [0.15, 0.2) is 30.9 Å². The lowest BCUT2D eigenvalue weighted by Crippen LogP contribution is -2.50. The zero-order chi connectivity index (χ0) is 15.9. The normalized spacial score (nSPS) is 19.6. The van der Waals surface area contributed by atoms with E-state index in [0.717, 1.165) is 37.4 Å². The van der Waals surface area contributed by atoms with Crippen LogP contribution in [-0.2, 0) is 4.79 Å². The molecule has 1 amide bonds. The van der Waals surface area contributed by atoms with E-state index in [1.165, 1.54) is 6.07 Å². The molecule has 1 aromatic carbocycles. The van der Waals surface area contributed by atoms with Gasteiger partial charge in [-0.1, -0.05) is 12.1 Å². The molecule has 0 radical (unpaired) electrons. The average Bonchev–Trinajstić information content (AvgIpc) is 2.51. The van der Waals surface area contributed by atoms with Crippen molar-refractivity contribution in [3.8, 4) is 0 Å². The van der Waals surface area contributed by atoms with Crippen molar-refractivity contribution in [3.05, 3.63) is 48.1 Å². The van der Waals surface area contributed by atoms with E-state index < -0.39 is 11.6 Å². The summed E-state index contributed by atoms with van der Waals surface area (Å²) in [5.74, 6) is -1.70. The number of rotatable bonds is 6. The number of hydrogen-bond acceptors (Lipinski definition) is 2. The Bertz CT molecular complexity index is 543. The maximum Gasteiger partial charge on any atom is 0.220 e. The van der Waals surface area contributed by atoms with Gasteiger partial charge in [0.1, 0.15) is 0 Å². The topological polar surface area (TPSA) is 41.1 Å². The largest absolute Gasteiger partial charge is 0.351 e. The second-order valence-electron chi connectivity index (χ2n) is 5.63. The summed E-state index contributed by atoms with van der Waals surface area (Å²) >= 11 is 0. The Kier molecular flexibility index (Phi) is 10.8. The molecule has 2 unspecified atom stereocenters. The zero-order valence-corrected chi connectivity index (χ0v) is 15.0. The molecule has 1 aromatic rings. The van der Waals surface area contributed by atoms with Crippen molar-refractivity contribution in [1.29, 1.82) is 0 Å². The number of halogens is 4. The van der Waals surface area contributed by atoms with Crippen molar-refractivity contribution in [2.75, 3.05) is 13.1 Å². The molecule has 1 aliphatic heterocycles. The Morgan fingerprint density at radius 3 is 2.75 bits per heavy atom. The second-order valence-corrected chi connectivity index (χ2v) is 5.63. The first-order chi connectivity index (χ1) is 10.6. The molecule has 24 heavy (non-hydrogen) atoms. The van der Waals surface area contributed by atoms with Crippen LogP contribution in [-0.4, -0.2) is 25.0 Å². The molecule has 0 spiro atoms. The van der Waals surface area contributed by atoms with E-state index in [0.29, 0.717) is 13.0 Å². The molecule has 1 fully saturated rings. The fourth-order valence-electron chi connectivity index (χ4n) is 2.84. The van der Waals surface area contributed by atoms with Gasteiger partial charge in [-0.05, 0) is 43.5 Å². The molecule has 1 saturated heterocycles. The van der Waals surface area contributed by atoms with Crippen LogP contribution in [0.3, 0.4) is 0 Å². The van der Waals surface area contributed by atoms with E-state index in [1.54, 1.807) is 12.1 Å². The molecular formula is C17H24Cl2F2N2O. The van der Waals surface area contributed by atoms with Crippen LogP contribution < -0.4 is 10.6 Å². The van der Waals surface area contributed by atoms with Crippen molar-refractivity contribution in [2.45, 2.75) is 37.6 Å². The van der Waals surface area contributed by atoms with Crippen LogP contribution in [0.1, 0.15) is 37.2 Å². The second kappa shape index (κ2) is 11.4. The molecule has 0 saturated carbocycles. The van der Waals surface area contributed by atoms with E-state index >= 15 is 0 Å². The van der Waals surface area contributed by atoms with Gasteiger partial charge in [0.15, 0.2) is 11.6 Å². The van der Waals surface area contributed by atoms with E-state index in [9.17, 15) is 13.6 Å². The molecule has 0 aliphatic carbocycles. The Morgan fingerprint density at radius 2 is 2.08 bits per heavy atom. The van der Waals surface area contributed by atoms with Crippen molar-refractivity contribution in [1.82, 2.24) is 10.6 Å². The van der Waals surface area contributed by atoms with Crippen LogP contribution in [0.25, 0.3) is 0 Å². The molecule has 1 aliphatic rings. The van der Waals surface area contributed by atoms with Gasteiger partial charge in [-0.25, -0.2) is 8.78 Å². The molecule has 1 heterocycles. The highest BCUT2D eigenvalue weighted by molar-refractivity contribution is 5.85. The first kappa shape index (κ1) is 22.8. The number of hydrogen-bond donors (Lipinski definition) is 2. The summed E-state index contributed by atoms with van der Waals surface area (Å²) < 4.78 is 26.5. The minimum Gasteiger partial charge on any atom is -0.351 e. The fraction of sp³-hybridized carbons (Fsp3) is 0.471. The van der Waals surface area contributed by atoms with Gasteiger partial charge in [0.25, 0.3) is 0 Å². The van der Waals surface area contributed by atoms with Gasteiger partial charge < -0.3 is 10.6 Å². The van der Waals surface area contributed by atoms with Gasteiger partial charge in [0.2, 0.25) is 5.91 Å². The first-order valence-corrected chi connectivity index (χ1v) is 7.67. The molecule has 2 rings (SSSR count). The molecular weight excluding hydrogens is 357 g/mol. The summed E-state index contributed by atoms with van der Waals surface area (Å²) in [5, 5.41) is 6.24. The molecule has 2 N–H and O–H groups in total. The van der Waals surface area contributed by atoms with Gasteiger partial charge in [0, 0.05) is 24.9 Å². The highest BCUT2D eigenvalue weighted by Gasteiger charge is 2.28. The molecule has 136 valence electrons. The highest BCUT2D eigenvalue weighted by Crippen LogP contribution is 2.27. The lowest BCUT2D eigenvalue weighted by Gasteiger charge is -2.33. The Balaban J connectivity index is 0.00000264. The summed E-state index contributed by atoms with van der Waals surface area (Å²) in [6, 6.07) is 3.89. The van der Waals surface area contributed by atoms with Gasteiger partial charge in [-0.15, -0.1) is 31.4 Å². The van der Waals surface area contributed by atoms with Crippen molar-refractivity contribution in [3.63, 3.8) is 0 Å². The number of allylic oxidation sites excluding steroid dienone is 1.